The third-order valence-electron chi connectivity index (χ3n) is 1.90. The average molecular weight is 212 g/mol. The number of carbonyl (C=O) groups excluding carboxylic acids is 2. The number of rotatable bonds is 8. The SMILES string of the molecule is CCCCC/C=C/C(=O)CC(=O)OCC. The lowest BCUT2D eigenvalue weighted by Crippen LogP contribution is -2.09. The maximum Gasteiger partial charge on any atom is 0.313 e. The van der Waals surface area contributed by atoms with Crippen LogP contribution in [0.2, 0.25) is 0 Å². The molecule has 0 spiro atoms. The number of hydrogen-bond donors (Lipinski definition) is 0. The van der Waals surface area contributed by atoms with Crippen LogP contribution in [0.3, 0.4) is 0 Å². The van der Waals surface area contributed by atoms with Crippen molar-refractivity contribution in [3.8, 4) is 0 Å². The van der Waals surface area contributed by atoms with Gasteiger partial charge in [0, 0.05) is 0 Å². The molecular formula is C12H20O3. The second-order valence-electron chi connectivity index (χ2n) is 3.35. The highest BCUT2D eigenvalue weighted by Gasteiger charge is 2.06. The third-order valence-corrected chi connectivity index (χ3v) is 1.90. The summed E-state index contributed by atoms with van der Waals surface area (Å²) in [5.41, 5.74) is 0. The lowest BCUT2D eigenvalue weighted by molar-refractivity contribution is -0.144. The van der Waals surface area contributed by atoms with E-state index in [2.05, 4.69) is 11.7 Å². The van der Waals surface area contributed by atoms with Crippen LogP contribution in [0.5, 0.6) is 0 Å². The first-order valence-corrected chi connectivity index (χ1v) is 5.55. The average Bonchev–Trinajstić information content (AvgIpc) is 2.17. The van der Waals surface area contributed by atoms with Crippen molar-refractivity contribution in [1.29, 1.82) is 0 Å². The summed E-state index contributed by atoms with van der Waals surface area (Å²) < 4.78 is 4.66. The monoisotopic (exact) mass is 212 g/mol. The molecule has 0 amide bonds. The lowest BCUT2D eigenvalue weighted by Gasteiger charge is -1.97. The first kappa shape index (κ1) is 13.9. The van der Waals surface area contributed by atoms with Crippen molar-refractivity contribution in [2.75, 3.05) is 6.61 Å². The van der Waals surface area contributed by atoms with E-state index < -0.39 is 5.97 Å². The lowest BCUT2D eigenvalue weighted by atomic mass is 10.2. The molecule has 0 atom stereocenters. The first-order chi connectivity index (χ1) is 7.20. The molecular weight excluding hydrogens is 192 g/mol. The highest BCUT2D eigenvalue weighted by molar-refractivity contribution is 6.01. The predicted octanol–water partition coefficient (Wildman–Crippen LogP) is 2.65. The predicted molar refractivity (Wildman–Crippen MR) is 59.5 cm³/mol. The van der Waals surface area contributed by atoms with E-state index in [1.165, 1.54) is 18.9 Å². The number of hydrogen-bond acceptors (Lipinski definition) is 3. The van der Waals surface area contributed by atoms with Crippen LogP contribution >= 0.6 is 0 Å². The Balaban J connectivity index is 3.59. The highest BCUT2D eigenvalue weighted by atomic mass is 16.5. The van der Waals surface area contributed by atoms with Gasteiger partial charge in [-0.2, -0.15) is 0 Å². The maximum atomic E-state index is 11.2. The van der Waals surface area contributed by atoms with E-state index in [1.807, 2.05) is 6.08 Å². The Morgan fingerprint density at radius 3 is 2.53 bits per heavy atom. The quantitative estimate of drug-likeness (QED) is 0.269. The summed E-state index contributed by atoms with van der Waals surface area (Å²) in [6.07, 6.45) is 7.52. The number of carbonyl (C=O) groups is 2. The van der Waals surface area contributed by atoms with Gasteiger partial charge in [0.1, 0.15) is 6.42 Å². The molecule has 0 aliphatic heterocycles. The minimum absolute atomic E-state index is 0.141. The molecule has 0 unspecified atom stereocenters. The Morgan fingerprint density at radius 2 is 1.93 bits per heavy atom. The van der Waals surface area contributed by atoms with E-state index in [4.69, 9.17) is 0 Å². The normalized spacial score (nSPS) is 10.5. The molecule has 15 heavy (non-hydrogen) atoms. The fraction of sp³-hybridized carbons (Fsp3) is 0.667. The molecule has 0 aliphatic rings. The molecule has 0 bridgehead atoms. The van der Waals surface area contributed by atoms with Crippen LogP contribution in [0.1, 0.15) is 46.0 Å². The van der Waals surface area contributed by atoms with E-state index in [-0.39, 0.29) is 12.2 Å². The number of ether oxygens (including phenoxy) is 1. The van der Waals surface area contributed by atoms with Gasteiger partial charge >= 0.3 is 5.97 Å². The van der Waals surface area contributed by atoms with Crippen LogP contribution < -0.4 is 0 Å². The van der Waals surface area contributed by atoms with Crippen molar-refractivity contribution in [3.05, 3.63) is 12.2 Å². The van der Waals surface area contributed by atoms with Crippen molar-refractivity contribution in [1.82, 2.24) is 0 Å². The maximum absolute atomic E-state index is 11.2. The summed E-state index contributed by atoms with van der Waals surface area (Å²) in [4.78, 5) is 22.1. The van der Waals surface area contributed by atoms with Gasteiger partial charge in [-0.3, -0.25) is 9.59 Å². The first-order valence-electron chi connectivity index (χ1n) is 5.55. The van der Waals surface area contributed by atoms with Crippen LogP contribution in [0.15, 0.2) is 12.2 Å². The van der Waals surface area contributed by atoms with Gasteiger partial charge in [-0.25, -0.2) is 0 Å². The summed E-state index contributed by atoms with van der Waals surface area (Å²) in [6.45, 7) is 4.19. The number of esters is 1. The molecule has 86 valence electrons. The molecule has 0 radical (unpaired) electrons. The summed E-state index contributed by atoms with van der Waals surface area (Å²) in [7, 11) is 0. The molecule has 3 heteroatoms. The molecule has 0 aromatic rings. The molecule has 0 N–H and O–H groups in total. The summed E-state index contributed by atoms with van der Waals surface area (Å²) in [5, 5.41) is 0. The molecule has 0 fully saturated rings. The smallest absolute Gasteiger partial charge is 0.313 e. The zero-order valence-electron chi connectivity index (χ0n) is 9.62. The van der Waals surface area contributed by atoms with Gasteiger partial charge in [-0.1, -0.05) is 25.8 Å². The highest BCUT2D eigenvalue weighted by Crippen LogP contribution is 2.00. The Morgan fingerprint density at radius 1 is 1.20 bits per heavy atom. The van der Waals surface area contributed by atoms with Gasteiger partial charge in [0.05, 0.1) is 6.61 Å². The van der Waals surface area contributed by atoms with Crippen molar-refractivity contribution < 1.29 is 14.3 Å². The molecule has 0 aromatic carbocycles. The Kier molecular flexibility index (Phi) is 8.73. The number of ketones is 1. The van der Waals surface area contributed by atoms with Crippen LogP contribution in [0, 0.1) is 0 Å². The molecule has 3 nitrogen and oxygen atoms in total. The van der Waals surface area contributed by atoms with Crippen molar-refractivity contribution in [2.24, 2.45) is 0 Å². The fourth-order valence-electron chi connectivity index (χ4n) is 1.14. The van der Waals surface area contributed by atoms with Gasteiger partial charge in [-0.15, -0.1) is 0 Å². The van der Waals surface area contributed by atoms with Gasteiger partial charge in [0.15, 0.2) is 5.78 Å². The second kappa shape index (κ2) is 9.44. The van der Waals surface area contributed by atoms with Crippen molar-refractivity contribution in [2.45, 2.75) is 46.0 Å². The molecule has 0 aromatic heterocycles. The zero-order valence-corrected chi connectivity index (χ0v) is 9.62. The van der Waals surface area contributed by atoms with Gasteiger partial charge in [0.2, 0.25) is 0 Å². The van der Waals surface area contributed by atoms with Crippen LogP contribution in [-0.2, 0) is 14.3 Å². The summed E-state index contributed by atoms with van der Waals surface area (Å²) >= 11 is 0. The largest absolute Gasteiger partial charge is 0.466 e. The van der Waals surface area contributed by atoms with E-state index >= 15 is 0 Å². The van der Waals surface area contributed by atoms with Crippen LogP contribution in [0.4, 0.5) is 0 Å². The van der Waals surface area contributed by atoms with Gasteiger partial charge in [-0.05, 0) is 25.8 Å². The Bertz CT molecular complexity index is 219. The van der Waals surface area contributed by atoms with E-state index in [1.54, 1.807) is 6.92 Å². The summed E-state index contributed by atoms with van der Waals surface area (Å²) in [6, 6.07) is 0. The van der Waals surface area contributed by atoms with Crippen LogP contribution in [0.25, 0.3) is 0 Å². The van der Waals surface area contributed by atoms with Crippen LogP contribution in [-0.4, -0.2) is 18.4 Å². The number of allylic oxidation sites excluding steroid dienone is 2. The van der Waals surface area contributed by atoms with Crippen molar-refractivity contribution in [3.63, 3.8) is 0 Å². The second-order valence-corrected chi connectivity index (χ2v) is 3.35. The molecule has 0 heterocycles. The minimum Gasteiger partial charge on any atom is -0.466 e. The molecule has 0 saturated carbocycles. The summed E-state index contributed by atoms with van der Waals surface area (Å²) in [5.74, 6) is -0.620. The molecule has 0 saturated heterocycles. The van der Waals surface area contributed by atoms with E-state index in [0.29, 0.717) is 6.61 Å². The third kappa shape index (κ3) is 9.19. The Hall–Kier alpha value is -1.12. The molecule has 0 aliphatic carbocycles. The standard InChI is InChI=1S/C12H20O3/c1-3-5-6-7-8-9-11(13)10-12(14)15-4-2/h8-9H,3-7,10H2,1-2H3/b9-8+. The zero-order chi connectivity index (χ0) is 11.5. The van der Waals surface area contributed by atoms with Crippen molar-refractivity contribution >= 4 is 11.8 Å². The number of unbranched alkanes of at least 4 members (excludes halogenated alkanes) is 3. The van der Waals surface area contributed by atoms with E-state index in [9.17, 15) is 9.59 Å². The Labute approximate surface area is 91.5 Å². The minimum atomic E-state index is -0.444. The topological polar surface area (TPSA) is 43.4 Å². The molecule has 0 rings (SSSR count). The van der Waals surface area contributed by atoms with E-state index in [0.717, 1.165) is 12.8 Å². The fourth-order valence-corrected chi connectivity index (χ4v) is 1.14. The van der Waals surface area contributed by atoms with Gasteiger partial charge < -0.3 is 4.74 Å². The van der Waals surface area contributed by atoms with Gasteiger partial charge in [0.25, 0.3) is 0 Å².